The summed E-state index contributed by atoms with van der Waals surface area (Å²) in [5, 5.41) is 0. The monoisotopic (exact) mass is 410 g/mol. The third kappa shape index (κ3) is 2.10. The average Bonchev–Trinajstić information content (AvgIpc) is 3.40. The summed E-state index contributed by atoms with van der Waals surface area (Å²) >= 11 is 0. The van der Waals surface area contributed by atoms with Crippen LogP contribution in [0, 0.1) is 28.6 Å². The largest absolute Gasteiger partial charge is 0.451 e. The van der Waals surface area contributed by atoms with Crippen LogP contribution in [0.2, 0.25) is 0 Å². The fourth-order valence-electron chi connectivity index (χ4n) is 7.89. The van der Waals surface area contributed by atoms with Gasteiger partial charge < -0.3 is 9.47 Å². The first-order valence-electron chi connectivity index (χ1n) is 11.0. The topological polar surface area (TPSA) is 73.0 Å². The molecule has 5 heteroatoms. The van der Waals surface area contributed by atoms with E-state index < -0.39 is 17.0 Å². The zero-order chi connectivity index (χ0) is 21.8. The van der Waals surface area contributed by atoms with Crippen molar-refractivity contribution in [3.05, 3.63) is 36.0 Å². The molecule has 160 valence electrons. The molecular weight excluding hydrogens is 380 g/mol. The minimum Gasteiger partial charge on any atom is -0.451 e. The standard InChI is InChI=1S/C25H30O5/c1-12-13(2)24(6)17-7-9-23(5)16(8-10-25(23,14(3)26)30-15(4)27)20(17)22-21(29-22)18(24)11-19(12)28/h11,16-17,20-22H,1-2,7-10H2,3-6H3/t16-,17-,20-,21?,22?,23-,24+,25-/m0/s1. The molecule has 4 aliphatic carbocycles. The number of rotatable bonds is 2. The molecule has 0 N–H and O–H groups in total. The molecule has 0 bridgehead atoms. The van der Waals surface area contributed by atoms with Gasteiger partial charge in [-0.3, -0.25) is 14.4 Å². The highest BCUT2D eigenvalue weighted by Gasteiger charge is 2.73. The molecule has 0 aromatic rings. The predicted molar refractivity (Wildman–Crippen MR) is 110 cm³/mol. The van der Waals surface area contributed by atoms with Gasteiger partial charge in [0.15, 0.2) is 17.2 Å². The Morgan fingerprint density at radius 1 is 1.13 bits per heavy atom. The zero-order valence-corrected chi connectivity index (χ0v) is 18.2. The quantitative estimate of drug-likeness (QED) is 0.394. The number of esters is 1. The Balaban J connectivity index is 1.60. The number of carbonyl (C=O) groups excluding carboxylic acids is 3. The van der Waals surface area contributed by atoms with Gasteiger partial charge in [-0.1, -0.05) is 27.0 Å². The Labute approximate surface area is 177 Å². The van der Waals surface area contributed by atoms with E-state index in [4.69, 9.17) is 9.47 Å². The van der Waals surface area contributed by atoms with Crippen molar-refractivity contribution in [2.45, 2.75) is 71.2 Å². The molecule has 0 aromatic heterocycles. The molecule has 1 aliphatic heterocycles. The number of ketones is 2. The van der Waals surface area contributed by atoms with Crippen LogP contribution >= 0.6 is 0 Å². The molecule has 30 heavy (non-hydrogen) atoms. The average molecular weight is 411 g/mol. The summed E-state index contributed by atoms with van der Waals surface area (Å²) in [7, 11) is 0. The fourth-order valence-corrected chi connectivity index (χ4v) is 7.89. The number of ether oxygens (including phenoxy) is 2. The number of fused-ring (bicyclic) bond motifs is 8. The molecule has 5 aliphatic rings. The predicted octanol–water partition coefficient (Wildman–Crippen LogP) is 3.73. The summed E-state index contributed by atoms with van der Waals surface area (Å²) in [5.74, 6) is 0.205. The van der Waals surface area contributed by atoms with Crippen molar-refractivity contribution >= 4 is 17.5 Å². The summed E-state index contributed by atoms with van der Waals surface area (Å²) in [6, 6.07) is 0. The highest BCUT2D eigenvalue weighted by molar-refractivity contribution is 6.09. The van der Waals surface area contributed by atoms with E-state index in [0.29, 0.717) is 12.0 Å². The first kappa shape index (κ1) is 19.9. The third-order valence-electron chi connectivity index (χ3n) is 9.47. The molecule has 3 saturated carbocycles. The van der Waals surface area contributed by atoms with Crippen LogP contribution < -0.4 is 0 Å². The Hall–Kier alpha value is -2.01. The van der Waals surface area contributed by atoms with E-state index in [9.17, 15) is 14.4 Å². The normalized spacial score (nSPS) is 48.7. The molecule has 0 amide bonds. The maximum Gasteiger partial charge on any atom is 0.303 e. The second-order valence-corrected chi connectivity index (χ2v) is 10.4. The minimum absolute atomic E-state index is 0.0573. The van der Waals surface area contributed by atoms with Crippen LogP contribution in [0.1, 0.15) is 53.4 Å². The van der Waals surface area contributed by atoms with Crippen LogP contribution in [0.5, 0.6) is 0 Å². The van der Waals surface area contributed by atoms with Gasteiger partial charge in [-0.25, -0.2) is 0 Å². The summed E-state index contributed by atoms with van der Waals surface area (Å²) in [4.78, 5) is 37.3. The van der Waals surface area contributed by atoms with E-state index in [-0.39, 0.29) is 46.9 Å². The number of allylic oxidation sites excluding steroid dienone is 2. The molecule has 5 rings (SSSR count). The van der Waals surface area contributed by atoms with Crippen LogP contribution in [-0.4, -0.2) is 35.3 Å². The lowest BCUT2D eigenvalue weighted by Gasteiger charge is -2.58. The fraction of sp³-hybridized carbons (Fsp3) is 0.640. The van der Waals surface area contributed by atoms with E-state index in [2.05, 4.69) is 27.0 Å². The summed E-state index contributed by atoms with van der Waals surface area (Å²) in [6.07, 6.45) is 4.79. The molecule has 0 aromatic carbocycles. The molecule has 8 atom stereocenters. The third-order valence-corrected chi connectivity index (χ3v) is 9.47. The lowest BCUT2D eigenvalue weighted by atomic mass is 9.45. The van der Waals surface area contributed by atoms with Crippen molar-refractivity contribution in [3.63, 3.8) is 0 Å². The van der Waals surface area contributed by atoms with Crippen molar-refractivity contribution < 1.29 is 23.9 Å². The molecule has 4 fully saturated rings. The maximum absolute atomic E-state index is 12.9. The minimum atomic E-state index is -1.06. The van der Waals surface area contributed by atoms with E-state index in [0.717, 1.165) is 30.4 Å². The zero-order valence-electron chi connectivity index (χ0n) is 18.2. The van der Waals surface area contributed by atoms with E-state index in [1.54, 1.807) is 13.0 Å². The number of carbonyl (C=O) groups is 3. The van der Waals surface area contributed by atoms with Crippen molar-refractivity contribution in [1.29, 1.82) is 0 Å². The Kier molecular flexibility index (Phi) is 3.86. The second-order valence-electron chi connectivity index (χ2n) is 10.4. The Bertz CT molecular complexity index is 959. The van der Waals surface area contributed by atoms with E-state index in [1.807, 2.05) is 0 Å². The first-order valence-corrected chi connectivity index (χ1v) is 11.0. The van der Waals surface area contributed by atoms with Gasteiger partial charge >= 0.3 is 5.97 Å². The molecule has 1 heterocycles. The summed E-state index contributed by atoms with van der Waals surface area (Å²) in [5.41, 5.74) is 0.542. The van der Waals surface area contributed by atoms with Crippen LogP contribution in [0.25, 0.3) is 0 Å². The van der Waals surface area contributed by atoms with Gasteiger partial charge in [0.05, 0.1) is 6.10 Å². The highest BCUT2D eigenvalue weighted by Crippen LogP contribution is 2.72. The summed E-state index contributed by atoms with van der Waals surface area (Å²) in [6.45, 7) is 15.6. The SMILES string of the molecule is C=C1C(=C)[C@@]2(C)C(=CC1=O)C1OC1[C@@H]1[C@@H]2CC[C@@]2(C)[C@H]1CC[C@]2(OC(C)=O)C(C)=O. The van der Waals surface area contributed by atoms with Crippen molar-refractivity contribution in [1.82, 2.24) is 0 Å². The smallest absolute Gasteiger partial charge is 0.303 e. The maximum atomic E-state index is 12.9. The Morgan fingerprint density at radius 2 is 1.80 bits per heavy atom. The van der Waals surface area contributed by atoms with Gasteiger partial charge in [0, 0.05) is 23.3 Å². The van der Waals surface area contributed by atoms with Crippen LogP contribution in [0.4, 0.5) is 0 Å². The lowest BCUT2D eigenvalue weighted by Crippen LogP contribution is -2.60. The highest BCUT2D eigenvalue weighted by atomic mass is 16.6. The molecule has 1 saturated heterocycles. The molecule has 0 spiro atoms. The van der Waals surface area contributed by atoms with Gasteiger partial charge in [-0.15, -0.1) is 0 Å². The van der Waals surface area contributed by atoms with Gasteiger partial charge in [0.1, 0.15) is 6.10 Å². The van der Waals surface area contributed by atoms with Crippen LogP contribution in [0.3, 0.4) is 0 Å². The van der Waals surface area contributed by atoms with Crippen LogP contribution in [0.15, 0.2) is 36.0 Å². The molecular formula is C25H30O5. The second kappa shape index (κ2) is 5.82. The van der Waals surface area contributed by atoms with Gasteiger partial charge in [0.25, 0.3) is 0 Å². The van der Waals surface area contributed by atoms with Gasteiger partial charge in [-0.2, -0.15) is 0 Å². The van der Waals surface area contributed by atoms with Crippen LogP contribution in [-0.2, 0) is 23.9 Å². The van der Waals surface area contributed by atoms with Crippen molar-refractivity contribution in [2.24, 2.45) is 28.6 Å². The molecule has 0 radical (unpaired) electrons. The molecule has 2 unspecified atom stereocenters. The Morgan fingerprint density at radius 3 is 2.43 bits per heavy atom. The van der Waals surface area contributed by atoms with Crippen molar-refractivity contribution in [2.75, 3.05) is 0 Å². The van der Waals surface area contributed by atoms with Gasteiger partial charge in [0.2, 0.25) is 0 Å². The van der Waals surface area contributed by atoms with Gasteiger partial charge in [-0.05, 0) is 67.6 Å². The molecule has 5 nitrogen and oxygen atoms in total. The number of epoxide rings is 1. The number of hydrogen-bond donors (Lipinski definition) is 0. The number of hydrogen-bond acceptors (Lipinski definition) is 5. The van der Waals surface area contributed by atoms with E-state index >= 15 is 0 Å². The van der Waals surface area contributed by atoms with E-state index in [1.165, 1.54) is 6.92 Å². The first-order chi connectivity index (χ1) is 14.0. The summed E-state index contributed by atoms with van der Waals surface area (Å²) < 4.78 is 12.0. The van der Waals surface area contributed by atoms with Crippen molar-refractivity contribution in [3.8, 4) is 0 Å². The lowest BCUT2D eigenvalue weighted by molar-refractivity contribution is -0.186. The number of Topliss-reactive ketones (excluding diaryl/α,β-unsaturated/α-hetero) is 1.